The first kappa shape index (κ1) is 17.5. The summed E-state index contributed by atoms with van der Waals surface area (Å²) in [6, 6.07) is 7.53. The molecule has 7 nitrogen and oxygen atoms in total. The average molecular weight is 399 g/mol. The van der Waals surface area contributed by atoms with E-state index in [4.69, 9.17) is 26.8 Å². The predicted molar refractivity (Wildman–Crippen MR) is 104 cm³/mol. The van der Waals surface area contributed by atoms with Crippen molar-refractivity contribution in [2.24, 2.45) is 10.7 Å². The van der Waals surface area contributed by atoms with Crippen molar-refractivity contribution < 1.29 is 14.3 Å². The van der Waals surface area contributed by atoms with Crippen molar-refractivity contribution in [3.63, 3.8) is 0 Å². The summed E-state index contributed by atoms with van der Waals surface area (Å²) in [7, 11) is 1.63. The van der Waals surface area contributed by atoms with Crippen molar-refractivity contribution in [1.82, 2.24) is 9.88 Å². The Bertz CT molecular complexity index is 1010. The molecular weight excluding hydrogens is 380 g/mol. The topological polar surface area (TPSA) is 90.0 Å². The summed E-state index contributed by atoms with van der Waals surface area (Å²) >= 11 is 6.10. The van der Waals surface area contributed by atoms with Gasteiger partial charge in [0.25, 0.3) is 5.91 Å². The quantitative estimate of drug-likeness (QED) is 0.796. The lowest BCUT2D eigenvalue weighted by molar-refractivity contribution is -0.151. The second-order valence-corrected chi connectivity index (χ2v) is 7.73. The number of guanidine groups is 1. The van der Waals surface area contributed by atoms with Crippen molar-refractivity contribution in [2.45, 2.75) is 30.6 Å². The number of fused-ring (bicyclic) bond motifs is 4. The van der Waals surface area contributed by atoms with Gasteiger partial charge in [-0.15, -0.1) is 0 Å². The van der Waals surface area contributed by atoms with Gasteiger partial charge < -0.3 is 15.2 Å². The minimum atomic E-state index is -1.24. The van der Waals surface area contributed by atoms with E-state index in [0.717, 1.165) is 24.0 Å². The lowest BCUT2D eigenvalue weighted by atomic mass is 9.76. The number of amides is 1. The first-order valence-electron chi connectivity index (χ1n) is 9.18. The van der Waals surface area contributed by atoms with E-state index < -0.39 is 11.6 Å². The summed E-state index contributed by atoms with van der Waals surface area (Å²) in [6.45, 7) is 0.561. The Hall–Kier alpha value is -2.64. The number of carbonyl (C=O) groups is 1. The third-order valence-corrected chi connectivity index (χ3v) is 5.86. The van der Waals surface area contributed by atoms with Crippen molar-refractivity contribution >= 4 is 23.5 Å². The molecule has 8 heteroatoms. The van der Waals surface area contributed by atoms with E-state index in [-0.39, 0.29) is 18.0 Å². The number of aromatic nitrogens is 1. The normalized spacial score (nSPS) is 28.6. The number of rotatable bonds is 1. The van der Waals surface area contributed by atoms with Crippen molar-refractivity contribution in [3.05, 3.63) is 47.2 Å². The number of aliphatic imine (C=N–C) groups is 1. The number of nitrogens with two attached hydrogens (primary N) is 1. The molecule has 1 spiro atoms. The third-order valence-electron chi connectivity index (χ3n) is 5.65. The van der Waals surface area contributed by atoms with Gasteiger partial charge in [0.05, 0.1) is 5.02 Å². The zero-order chi connectivity index (χ0) is 19.5. The van der Waals surface area contributed by atoms with Gasteiger partial charge in [0.1, 0.15) is 18.0 Å². The summed E-state index contributed by atoms with van der Waals surface area (Å²) in [5.74, 6) is 0.610. The van der Waals surface area contributed by atoms with Gasteiger partial charge in [0.2, 0.25) is 5.54 Å². The van der Waals surface area contributed by atoms with Gasteiger partial charge in [-0.05, 0) is 36.6 Å². The van der Waals surface area contributed by atoms with Crippen molar-refractivity contribution in [1.29, 1.82) is 0 Å². The Balaban J connectivity index is 1.73. The second-order valence-electron chi connectivity index (χ2n) is 7.29. The number of ether oxygens (including phenoxy) is 2. The molecule has 3 aliphatic heterocycles. The highest BCUT2D eigenvalue weighted by Gasteiger charge is 2.61. The molecule has 3 aliphatic rings. The summed E-state index contributed by atoms with van der Waals surface area (Å²) in [6.07, 6.45) is 4.23. The Morgan fingerprint density at radius 2 is 2.14 bits per heavy atom. The average Bonchev–Trinajstić information content (AvgIpc) is 2.93. The van der Waals surface area contributed by atoms with Crippen molar-refractivity contribution in [2.75, 3.05) is 13.7 Å². The fourth-order valence-corrected chi connectivity index (χ4v) is 4.46. The van der Waals surface area contributed by atoms with Crippen LogP contribution >= 0.6 is 11.6 Å². The van der Waals surface area contributed by atoms with Crippen LogP contribution in [0.2, 0.25) is 5.02 Å². The molecule has 5 rings (SSSR count). The molecule has 1 unspecified atom stereocenters. The SMILES string of the molecule is CN1C(=O)[C@]2(N=C1N)c1cc(-c3cncc(Cl)c3)ccc1OC1CCCO[C@@H]12. The van der Waals surface area contributed by atoms with Crippen LogP contribution in [0.1, 0.15) is 18.4 Å². The number of likely N-dealkylation sites (N-methyl/N-ethyl adjacent to an activating group) is 1. The second kappa shape index (κ2) is 6.18. The van der Waals surface area contributed by atoms with Crippen LogP contribution in [0.4, 0.5) is 0 Å². The molecule has 0 bridgehead atoms. The summed E-state index contributed by atoms with van der Waals surface area (Å²) in [5.41, 5.74) is 7.18. The van der Waals surface area contributed by atoms with E-state index in [9.17, 15) is 4.79 Å². The van der Waals surface area contributed by atoms with E-state index in [1.165, 1.54) is 4.90 Å². The van der Waals surface area contributed by atoms with Gasteiger partial charge in [-0.1, -0.05) is 17.7 Å². The summed E-state index contributed by atoms with van der Waals surface area (Å²) < 4.78 is 12.2. The molecule has 0 radical (unpaired) electrons. The van der Waals surface area contributed by atoms with E-state index in [1.54, 1.807) is 19.4 Å². The molecule has 2 aromatic rings. The minimum Gasteiger partial charge on any atom is -0.487 e. The van der Waals surface area contributed by atoms with Gasteiger partial charge in [0, 0.05) is 37.2 Å². The Morgan fingerprint density at radius 1 is 1.29 bits per heavy atom. The molecule has 2 N–H and O–H groups in total. The number of halogens is 1. The Kier molecular flexibility index (Phi) is 3.86. The van der Waals surface area contributed by atoms with Crippen LogP contribution in [0.3, 0.4) is 0 Å². The van der Waals surface area contributed by atoms with Crippen LogP contribution in [0, 0.1) is 0 Å². The Labute approximate surface area is 167 Å². The number of benzene rings is 1. The van der Waals surface area contributed by atoms with E-state index in [2.05, 4.69) is 9.98 Å². The molecule has 0 saturated carbocycles. The molecule has 4 heterocycles. The standard InChI is InChI=1S/C20H19ClN4O3/c1-25-18(26)20(24-19(25)22)14-8-11(12-7-13(21)10-23-9-12)4-5-15(14)28-16-3-2-6-27-17(16)20/h4-5,7-10,16-17H,2-3,6H2,1H3,(H2,22,24)/t16?,17-,20-/m0/s1. The number of carbonyl (C=O) groups excluding carboxylic acids is 1. The highest BCUT2D eigenvalue weighted by atomic mass is 35.5. The maximum Gasteiger partial charge on any atom is 0.264 e. The summed E-state index contributed by atoms with van der Waals surface area (Å²) in [5, 5.41) is 0.538. The third kappa shape index (κ3) is 2.36. The maximum absolute atomic E-state index is 13.4. The number of nitrogens with zero attached hydrogens (tertiary/aromatic N) is 3. The van der Waals surface area contributed by atoms with Gasteiger partial charge in [-0.2, -0.15) is 0 Å². The lowest BCUT2D eigenvalue weighted by Crippen LogP contribution is -2.58. The number of hydrogen-bond acceptors (Lipinski definition) is 6. The number of pyridine rings is 1. The molecular formula is C20H19ClN4O3. The van der Waals surface area contributed by atoms with Gasteiger partial charge >= 0.3 is 0 Å². The zero-order valence-corrected chi connectivity index (χ0v) is 16.0. The zero-order valence-electron chi connectivity index (χ0n) is 15.3. The van der Waals surface area contributed by atoms with Crippen LogP contribution in [-0.4, -0.2) is 47.6 Å². The predicted octanol–water partition coefficient (Wildman–Crippen LogP) is 2.32. The molecule has 3 atom stereocenters. The fourth-order valence-electron chi connectivity index (χ4n) is 4.28. The molecule has 28 heavy (non-hydrogen) atoms. The monoisotopic (exact) mass is 398 g/mol. The maximum atomic E-state index is 13.4. The minimum absolute atomic E-state index is 0.181. The van der Waals surface area contributed by atoms with Crippen LogP contribution in [0.15, 0.2) is 41.7 Å². The van der Waals surface area contributed by atoms with Crippen LogP contribution in [0.25, 0.3) is 11.1 Å². The molecule has 1 amide bonds. The van der Waals surface area contributed by atoms with Crippen LogP contribution in [0.5, 0.6) is 5.75 Å². The largest absolute Gasteiger partial charge is 0.487 e. The fraction of sp³-hybridized carbons (Fsp3) is 0.350. The van der Waals surface area contributed by atoms with E-state index in [0.29, 0.717) is 22.9 Å². The van der Waals surface area contributed by atoms with Crippen LogP contribution in [-0.2, 0) is 15.1 Å². The molecule has 144 valence electrons. The molecule has 1 aromatic carbocycles. The van der Waals surface area contributed by atoms with E-state index in [1.807, 2.05) is 24.3 Å². The smallest absolute Gasteiger partial charge is 0.264 e. The van der Waals surface area contributed by atoms with Crippen molar-refractivity contribution in [3.8, 4) is 16.9 Å². The first-order valence-corrected chi connectivity index (χ1v) is 9.55. The molecule has 1 saturated heterocycles. The van der Waals surface area contributed by atoms with Gasteiger partial charge in [-0.3, -0.25) is 14.7 Å². The first-order chi connectivity index (χ1) is 13.5. The van der Waals surface area contributed by atoms with E-state index >= 15 is 0 Å². The molecule has 0 aliphatic carbocycles. The highest BCUT2D eigenvalue weighted by Crippen LogP contribution is 2.49. The van der Waals surface area contributed by atoms with Crippen LogP contribution < -0.4 is 10.5 Å². The Morgan fingerprint density at radius 3 is 2.89 bits per heavy atom. The molecule has 1 fully saturated rings. The van der Waals surface area contributed by atoms with Gasteiger partial charge in [-0.25, -0.2) is 4.99 Å². The molecule has 1 aromatic heterocycles. The summed E-state index contributed by atoms with van der Waals surface area (Å²) in [4.78, 5) is 23.6. The number of hydrogen-bond donors (Lipinski definition) is 1. The highest BCUT2D eigenvalue weighted by molar-refractivity contribution is 6.30. The van der Waals surface area contributed by atoms with Gasteiger partial charge in [0.15, 0.2) is 5.96 Å². The lowest BCUT2D eigenvalue weighted by Gasteiger charge is -2.45.